The predicted octanol–water partition coefficient (Wildman–Crippen LogP) is 7.72. The number of hydrogen-bond acceptors (Lipinski definition) is 5. The molecule has 1 aliphatic heterocycles. The molecule has 0 aliphatic carbocycles. The number of nitrogens with one attached hydrogen (secondary N) is 1. The molecule has 7 nitrogen and oxygen atoms in total. The van der Waals surface area contributed by atoms with Gasteiger partial charge >= 0.3 is 6.18 Å². The highest BCUT2D eigenvalue weighted by atomic mass is 35.5. The van der Waals surface area contributed by atoms with Gasteiger partial charge in [-0.05, 0) is 42.3 Å². The fourth-order valence-electron chi connectivity index (χ4n) is 4.18. The molecule has 220 valence electrons. The Morgan fingerprint density at radius 2 is 1.76 bits per heavy atom. The van der Waals surface area contributed by atoms with Gasteiger partial charge in [-0.15, -0.1) is 5.10 Å². The number of aryl methyl sites for hydroxylation is 1. The van der Waals surface area contributed by atoms with Crippen molar-refractivity contribution >= 4 is 40.8 Å². The lowest BCUT2D eigenvalue weighted by molar-refractivity contribution is -0.275. The molecule has 0 saturated heterocycles. The molecule has 1 N–H and O–H groups in total. The number of alkyl halides is 6. The minimum Gasteiger partial charge on any atom is -0.374 e. The Balaban J connectivity index is 1.59. The number of nitrogens with zero attached hydrogens (tertiary/aromatic N) is 4. The van der Waals surface area contributed by atoms with Gasteiger partial charge in [-0.1, -0.05) is 48.3 Å². The molecule has 0 fully saturated rings. The lowest BCUT2D eigenvalue weighted by Gasteiger charge is -2.29. The summed E-state index contributed by atoms with van der Waals surface area (Å²) < 4.78 is 96.9. The monoisotopic (exact) mass is 625 g/mol. The number of oxime groups is 1. The number of anilines is 1. The van der Waals surface area contributed by atoms with Crippen LogP contribution in [0.5, 0.6) is 0 Å². The van der Waals surface area contributed by atoms with Crippen LogP contribution in [0.1, 0.15) is 65.4 Å². The zero-order valence-corrected chi connectivity index (χ0v) is 22.8. The Kier molecular flexibility index (Phi) is 8.29. The number of carbonyl (C=O) groups excluding carboxylic acids is 1. The highest BCUT2D eigenvalue weighted by Gasteiger charge is 2.62. The van der Waals surface area contributed by atoms with E-state index in [4.69, 9.17) is 28.0 Å². The van der Waals surface area contributed by atoms with Crippen LogP contribution < -0.4 is 5.32 Å². The molecule has 2 atom stereocenters. The van der Waals surface area contributed by atoms with Crippen LogP contribution in [-0.2, 0) is 10.4 Å². The van der Waals surface area contributed by atoms with E-state index in [1.165, 1.54) is 25.1 Å². The van der Waals surface area contributed by atoms with Crippen molar-refractivity contribution in [2.75, 3.05) is 5.32 Å². The van der Waals surface area contributed by atoms with E-state index in [0.29, 0.717) is 10.2 Å². The topological polar surface area (TPSA) is 81.4 Å². The van der Waals surface area contributed by atoms with Crippen LogP contribution in [0.15, 0.2) is 35.5 Å². The molecule has 2 unspecified atom stereocenters. The fraction of sp³-hybridized carbons (Fsp3) is 0.360. The van der Waals surface area contributed by atoms with Crippen molar-refractivity contribution in [1.82, 2.24) is 14.8 Å². The van der Waals surface area contributed by atoms with E-state index in [2.05, 4.69) is 20.6 Å². The Hall–Kier alpha value is -3.39. The van der Waals surface area contributed by atoms with Crippen molar-refractivity contribution in [3.8, 4) is 0 Å². The fourth-order valence-corrected chi connectivity index (χ4v) is 4.67. The van der Waals surface area contributed by atoms with Crippen LogP contribution in [0.2, 0.25) is 10.0 Å². The first-order valence-electron chi connectivity index (χ1n) is 11.8. The van der Waals surface area contributed by atoms with Gasteiger partial charge in [0, 0.05) is 23.5 Å². The molecule has 16 heteroatoms. The maximum Gasteiger partial charge on any atom is 0.435 e. The molecule has 2 aromatic carbocycles. The van der Waals surface area contributed by atoms with Gasteiger partial charge < -0.3 is 4.84 Å². The van der Waals surface area contributed by atoms with Gasteiger partial charge in [0.1, 0.15) is 5.82 Å². The van der Waals surface area contributed by atoms with E-state index in [1.807, 2.05) is 0 Å². The minimum atomic E-state index is -5.01. The van der Waals surface area contributed by atoms with Crippen molar-refractivity contribution in [2.45, 2.75) is 57.6 Å². The van der Waals surface area contributed by atoms with Crippen LogP contribution in [0, 0.1) is 12.7 Å². The van der Waals surface area contributed by atoms with E-state index < -0.39 is 70.1 Å². The average Bonchev–Trinajstić information content (AvgIpc) is 3.52. The first-order valence-corrected chi connectivity index (χ1v) is 12.6. The molecule has 0 spiro atoms. The number of amides is 1. The van der Waals surface area contributed by atoms with Crippen molar-refractivity contribution in [3.63, 3.8) is 0 Å². The van der Waals surface area contributed by atoms with Crippen molar-refractivity contribution in [1.29, 1.82) is 0 Å². The zero-order valence-electron chi connectivity index (χ0n) is 21.3. The summed E-state index contributed by atoms with van der Waals surface area (Å²) in [5.41, 5.74) is -3.16. The van der Waals surface area contributed by atoms with Gasteiger partial charge in [0.2, 0.25) is 5.95 Å². The van der Waals surface area contributed by atoms with E-state index in [1.54, 1.807) is 13.8 Å². The Labute approximate surface area is 238 Å². The molecule has 1 amide bonds. The summed E-state index contributed by atoms with van der Waals surface area (Å²) in [7, 11) is 0. The quantitative estimate of drug-likeness (QED) is 0.215. The summed E-state index contributed by atoms with van der Waals surface area (Å²) in [6.45, 7) is 4.65. The summed E-state index contributed by atoms with van der Waals surface area (Å²) in [6.07, 6.45) is -12.0. The summed E-state index contributed by atoms with van der Waals surface area (Å²) in [5, 5.41) is 8.33. The van der Waals surface area contributed by atoms with Crippen LogP contribution in [0.3, 0.4) is 0 Å². The smallest absolute Gasteiger partial charge is 0.374 e. The van der Waals surface area contributed by atoms with Gasteiger partial charge in [-0.3, -0.25) is 10.1 Å². The minimum absolute atomic E-state index is 0.0422. The first kappa shape index (κ1) is 30.6. The number of hydrogen-bond donors (Lipinski definition) is 1. The largest absolute Gasteiger partial charge is 0.435 e. The average molecular weight is 626 g/mol. The number of carbonyl (C=O) groups is 1. The lowest BCUT2D eigenvalue weighted by atomic mass is 9.86. The second-order valence-electron chi connectivity index (χ2n) is 9.47. The standard InChI is InChI=1S/C25H20Cl2F7N5O2/c1-10(2)21-35-23(37-39(21)20(31)19(29)30)36-22(40)14-5-4-12(6-11(14)3)17-9-24(41-38-17,25(32,33)34)13-7-15(26)18(28)16(27)8-13/h4-8,10,19-20H,9H2,1-3H3,(H,36,37,40). The summed E-state index contributed by atoms with van der Waals surface area (Å²) in [4.78, 5) is 21.7. The number of halogens is 9. The molecule has 0 radical (unpaired) electrons. The molecule has 3 aromatic rings. The van der Waals surface area contributed by atoms with Gasteiger partial charge in [-0.2, -0.15) is 18.2 Å². The van der Waals surface area contributed by atoms with E-state index in [-0.39, 0.29) is 22.7 Å². The van der Waals surface area contributed by atoms with Gasteiger partial charge in [0.05, 0.1) is 15.8 Å². The number of rotatable bonds is 7. The van der Waals surface area contributed by atoms with Gasteiger partial charge in [0.25, 0.3) is 24.2 Å². The zero-order chi connectivity index (χ0) is 30.4. The summed E-state index contributed by atoms with van der Waals surface area (Å²) >= 11 is 11.4. The molecule has 41 heavy (non-hydrogen) atoms. The second-order valence-corrected chi connectivity index (χ2v) is 10.3. The number of benzene rings is 2. The summed E-state index contributed by atoms with van der Waals surface area (Å²) in [6, 6.07) is 5.52. The Morgan fingerprint density at radius 1 is 1.12 bits per heavy atom. The molecule has 1 aliphatic rings. The van der Waals surface area contributed by atoms with Gasteiger partial charge in [-0.25, -0.2) is 22.2 Å². The van der Waals surface area contributed by atoms with Crippen molar-refractivity contribution in [3.05, 3.63) is 74.3 Å². The molecule has 0 saturated carbocycles. The second kappa shape index (κ2) is 11.1. The predicted molar refractivity (Wildman–Crippen MR) is 136 cm³/mol. The third kappa shape index (κ3) is 5.71. The van der Waals surface area contributed by atoms with Crippen LogP contribution in [-0.4, -0.2) is 39.0 Å². The molecule has 1 aromatic heterocycles. The summed E-state index contributed by atoms with van der Waals surface area (Å²) in [5.74, 6) is -2.88. The van der Waals surface area contributed by atoms with Gasteiger partial charge in [0.15, 0.2) is 5.82 Å². The highest BCUT2D eigenvalue weighted by molar-refractivity contribution is 6.35. The number of aromatic nitrogens is 3. The van der Waals surface area contributed by atoms with Crippen molar-refractivity contribution in [2.24, 2.45) is 5.16 Å². The Morgan fingerprint density at radius 3 is 2.29 bits per heavy atom. The van der Waals surface area contributed by atoms with Crippen LogP contribution in [0.25, 0.3) is 0 Å². The van der Waals surface area contributed by atoms with E-state index in [9.17, 15) is 35.5 Å². The molecular weight excluding hydrogens is 606 g/mol. The first-order chi connectivity index (χ1) is 19.1. The third-order valence-corrected chi connectivity index (χ3v) is 6.83. The maximum absolute atomic E-state index is 14.3. The van der Waals surface area contributed by atoms with Crippen LogP contribution in [0.4, 0.5) is 36.7 Å². The lowest BCUT2D eigenvalue weighted by Crippen LogP contribution is -2.42. The SMILES string of the molecule is Cc1cc(C2=NOC(c3cc(Cl)c(F)c(Cl)c3)(C(F)(F)F)C2)ccc1C(=O)Nc1nc(C(C)C)n(C(F)C(F)F)n1. The maximum atomic E-state index is 14.3. The van der Waals surface area contributed by atoms with E-state index in [0.717, 1.165) is 12.1 Å². The molecule has 0 bridgehead atoms. The molecular formula is C25H20Cl2F7N5O2. The third-order valence-electron chi connectivity index (χ3n) is 6.28. The Bertz CT molecular complexity index is 1500. The molecule has 2 heterocycles. The molecule has 4 rings (SSSR count). The van der Waals surface area contributed by atoms with Crippen LogP contribution >= 0.6 is 23.2 Å². The van der Waals surface area contributed by atoms with E-state index >= 15 is 0 Å². The normalized spacial score (nSPS) is 18.0. The van der Waals surface area contributed by atoms with Crippen molar-refractivity contribution < 1.29 is 40.4 Å². The highest BCUT2D eigenvalue weighted by Crippen LogP contribution is 2.50.